The fourth-order valence-electron chi connectivity index (χ4n) is 4.22. The minimum Gasteiger partial charge on any atom is -0.352 e. The zero-order valence-electron chi connectivity index (χ0n) is 18.6. The van der Waals surface area contributed by atoms with Crippen LogP contribution >= 0.6 is 11.6 Å². The van der Waals surface area contributed by atoms with Crippen molar-refractivity contribution < 1.29 is 27.2 Å². The highest BCUT2D eigenvalue weighted by Gasteiger charge is 2.43. The zero-order valence-corrected chi connectivity index (χ0v) is 20.2. The lowest BCUT2D eigenvalue weighted by Crippen LogP contribution is -2.63. The van der Waals surface area contributed by atoms with E-state index in [1.807, 2.05) is 4.90 Å². The summed E-state index contributed by atoms with van der Waals surface area (Å²) in [6, 6.07) is 1.12. The average molecular weight is 516 g/mol. The van der Waals surface area contributed by atoms with E-state index in [0.717, 1.165) is 23.2 Å². The molecule has 2 unspecified atom stereocenters. The van der Waals surface area contributed by atoms with Crippen LogP contribution in [-0.2, 0) is 24.6 Å². The smallest absolute Gasteiger partial charge is 0.280 e. The highest BCUT2D eigenvalue weighted by Crippen LogP contribution is 2.32. The van der Waals surface area contributed by atoms with Crippen LogP contribution in [0.25, 0.3) is 0 Å². The van der Waals surface area contributed by atoms with E-state index in [0.29, 0.717) is 25.9 Å². The molecule has 0 radical (unpaired) electrons. The third kappa shape index (κ3) is 5.51. The van der Waals surface area contributed by atoms with Gasteiger partial charge in [-0.2, -0.15) is 17.4 Å². The summed E-state index contributed by atoms with van der Waals surface area (Å²) in [7, 11) is -2.86. The van der Waals surface area contributed by atoms with E-state index in [1.165, 1.54) is 19.2 Å². The van der Waals surface area contributed by atoms with Crippen LogP contribution in [0.5, 0.6) is 0 Å². The molecule has 13 heteroatoms. The Labute approximate surface area is 202 Å². The SMILES string of the molecule is CN1C(C(=O)Nc2ccc(F)c(Cl)c2)CC(C(=O)NC2CCN(C(=O)C3CC3)CC2)NS1(=O)=O. The number of rotatable bonds is 5. The minimum absolute atomic E-state index is 0.0959. The molecule has 3 aliphatic rings. The summed E-state index contributed by atoms with van der Waals surface area (Å²) in [5, 5.41) is 5.19. The second-order valence-corrected chi connectivity index (χ2v) is 11.1. The Balaban J connectivity index is 1.37. The maximum absolute atomic E-state index is 13.4. The fraction of sp³-hybridized carbons (Fsp3) is 0.571. The highest BCUT2D eigenvalue weighted by molar-refractivity contribution is 7.87. The Morgan fingerprint density at radius 1 is 1.12 bits per heavy atom. The lowest BCUT2D eigenvalue weighted by Gasteiger charge is -2.37. The molecule has 2 heterocycles. The van der Waals surface area contributed by atoms with Gasteiger partial charge in [-0.15, -0.1) is 0 Å². The van der Waals surface area contributed by atoms with Gasteiger partial charge < -0.3 is 15.5 Å². The summed E-state index contributed by atoms with van der Waals surface area (Å²) in [6.07, 6.45) is 2.95. The molecule has 3 amide bonds. The number of hydrogen-bond donors (Lipinski definition) is 3. The minimum atomic E-state index is -4.10. The number of nitrogens with zero attached hydrogens (tertiary/aromatic N) is 2. The van der Waals surface area contributed by atoms with Crippen molar-refractivity contribution in [1.29, 1.82) is 0 Å². The van der Waals surface area contributed by atoms with Crippen molar-refractivity contribution in [2.75, 3.05) is 25.5 Å². The van der Waals surface area contributed by atoms with Crippen molar-refractivity contribution in [3.05, 3.63) is 29.0 Å². The van der Waals surface area contributed by atoms with E-state index in [2.05, 4.69) is 15.4 Å². The third-order valence-electron chi connectivity index (χ3n) is 6.45. The molecule has 3 fully saturated rings. The van der Waals surface area contributed by atoms with Gasteiger partial charge in [-0.05, 0) is 50.3 Å². The van der Waals surface area contributed by atoms with Gasteiger partial charge in [0.05, 0.1) is 5.02 Å². The van der Waals surface area contributed by atoms with Crippen LogP contribution in [0.2, 0.25) is 5.02 Å². The summed E-state index contributed by atoms with van der Waals surface area (Å²) < 4.78 is 41.7. The summed E-state index contributed by atoms with van der Waals surface area (Å²) in [5.74, 6) is -1.52. The molecule has 2 aliphatic heterocycles. The Hall–Kier alpha value is -2.28. The highest BCUT2D eigenvalue weighted by atomic mass is 35.5. The first-order chi connectivity index (χ1) is 16.0. The molecule has 10 nitrogen and oxygen atoms in total. The van der Waals surface area contributed by atoms with E-state index in [9.17, 15) is 27.2 Å². The van der Waals surface area contributed by atoms with E-state index in [-0.39, 0.29) is 35.0 Å². The van der Waals surface area contributed by atoms with Gasteiger partial charge in [-0.25, -0.2) is 4.39 Å². The number of likely N-dealkylation sites (tertiary alicyclic amines) is 1. The van der Waals surface area contributed by atoms with E-state index in [1.54, 1.807) is 0 Å². The quantitative estimate of drug-likeness (QED) is 0.535. The summed E-state index contributed by atoms with van der Waals surface area (Å²) in [4.78, 5) is 39.7. The Morgan fingerprint density at radius 2 is 1.79 bits per heavy atom. The molecule has 4 rings (SSSR count). The first-order valence-corrected chi connectivity index (χ1v) is 13.0. The van der Waals surface area contributed by atoms with Crippen molar-refractivity contribution >= 4 is 45.2 Å². The third-order valence-corrected chi connectivity index (χ3v) is 8.34. The number of carbonyl (C=O) groups is 3. The number of amides is 3. The Kier molecular flexibility index (Phi) is 7.13. The predicted molar refractivity (Wildman–Crippen MR) is 123 cm³/mol. The molecule has 2 saturated heterocycles. The van der Waals surface area contributed by atoms with Crippen LogP contribution in [-0.4, -0.2) is 73.6 Å². The molecule has 186 valence electrons. The predicted octanol–water partition coefficient (Wildman–Crippen LogP) is 0.842. The van der Waals surface area contributed by atoms with Crippen LogP contribution in [0.1, 0.15) is 32.1 Å². The molecule has 1 aromatic rings. The number of likely N-dealkylation sites (N-methyl/N-ethyl adjacent to an activating group) is 1. The second-order valence-electron chi connectivity index (χ2n) is 8.94. The van der Waals surface area contributed by atoms with Gasteiger partial charge in [0.1, 0.15) is 17.9 Å². The van der Waals surface area contributed by atoms with E-state index < -0.39 is 39.9 Å². The largest absolute Gasteiger partial charge is 0.352 e. The lowest BCUT2D eigenvalue weighted by molar-refractivity contribution is -0.133. The van der Waals surface area contributed by atoms with Gasteiger partial charge in [-0.3, -0.25) is 14.4 Å². The molecular formula is C21H27ClFN5O5S. The first kappa shape index (κ1) is 24.8. The number of hydrogen-bond acceptors (Lipinski definition) is 5. The van der Waals surface area contributed by atoms with Crippen LogP contribution in [0.4, 0.5) is 10.1 Å². The second kappa shape index (κ2) is 9.76. The van der Waals surface area contributed by atoms with Crippen LogP contribution in [0, 0.1) is 11.7 Å². The van der Waals surface area contributed by atoms with Crippen molar-refractivity contribution in [2.45, 2.75) is 50.2 Å². The molecule has 0 bridgehead atoms. The Morgan fingerprint density at radius 3 is 2.41 bits per heavy atom. The maximum Gasteiger partial charge on any atom is 0.280 e. The summed E-state index contributed by atoms with van der Waals surface area (Å²) in [5.41, 5.74) is 0.203. The number of benzene rings is 1. The monoisotopic (exact) mass is 515 g/mol. The zero-order chi connectivity index (χ0) is 24.6. The Bertz CT molecular complexity index is 1090. The van der Waals surface area contributed by atoms with Crippen LogP contribution in [0.15, 0.2) is 18.2 Å². The molecule has 1 aromatic carbocycles. The number of nitrogens with one attached hydrogen (secondary N) is 3. The standard InChI is InChI=1S/C21H27ClFN5O5S/c1-27-18(20(30)25-14-4-5-16(23)15(22)10-14)11-17(26-34(27,32)33)19(29)24-13-6-8-28(9-7-13)21(31)12-2-3-12/h4-5,10,12-13,17-18,26H,2-3,6-9,11H2,1H3,(H,24,29)(H,25,30). The van der Waals surface area contributed by atoms with E-state index in [4.69, 9.17) is 11.6 Å². The first-order valence-electron chi connectivity index (χ1n) is 11.2. The molecule has 1 aliphatic carbocycles. The van der Waals surface area contributed by atoms with Gasteiger partial charge in [0, 0.05) is 37.8 Å². The van der Waals surface area contributed by atoms with Gasteiger partial charge in [0.2, 0.25) is 17.7 Å². The van der Waals surface area contributed by atoms with Gasteiger partial charge in [0.15, 0.2) is 0 Å². The van der Waals surface area contributed by atoms with Crippen molar-refractivity contribution in [1.82, 2.24) is 19.2 Å². The normalized spacial score (nSPS) is 25.6. The number of halogens is 2. The molecule has 2 atom stereocenters. The van der Waals surface area contributed by atoms with Crippen molar-refractivity contribution in [2.24, 2.45) is 5.92 Å². The van der Waals surface area contributed by atoms with Gasteiger partial charge >= 0.3 is 0 Å². The molecule has 1 saturated carbocycles. The van der Waals surface area contributed by atoms with Gasteiger partial charge in [0.25, 0.3) is 10.2 Å². The fourth-order valence-corrected chi connectivity index (χ4v) is 5.64. The maximum atomic E-state index is 13.4. The summed E-state index contributed by atoms with van der Waals surface area (Å²) >= 11 is 5.74. The van der Waals surface area contributed by atoms with Crippen molar-refractivity contribution in [3.8, 4) is 0 Å². The van der Waals surface area contributed by atoms with Crippen LogP contribution in [0.3, 0.4) is 0 Å². The average Bonchev–Trinajstić information content (AvgIpc) is 3.63. The topological polar surface area (TPSA) is 128 Å². The van der Waals surface area contributed by atoms with Crippen LogP contribution < -0.4 is 15.4 Å². The summed E-state index contributed by atoms with van der Waals surface area (Å²) in [6.45, 7) is 1.09. The molecule has 0 spiro atoms. The molecule has 0 aromatic heterocycles. The van der Waals surface area contributed by atoms with E-state index >= 15 is 0 Å². The number of anilines is 1. The molecular weight excluding hydrogens is 489 g/mol. The number of carbonyl (C=O) groups excluding carboxylic acids is 3. The molecule has 3 N–H and O–H groups in total. The lowest BCUT2D eigenvalue weighted by atomic mass is 10.0. The van der Waals surface area contributed by atoms with Gasteiger partial charge in [-0.1, -0.05) is 11.6 Å². The van der Waals surface area contributed by atoms with Crippen molar-refractivity contribution in [3.63, 3.8) is 0 Å². The number of piperidine rings is 1. The molecule has 34 heavy (non-hydrogen) atoms.